The fourth-order valence-electron chi connectivity index (χ4n) is 4.80. The predicted octanol–water partition coefficient (Wildman–Crippen LogP) is 4.50. The number of nitrogens with one attached hydrogen (secondary N) is 1. The molecular formula is C27H31BN4O2. The standard InChI is InChI=1S/C27H31BN4O2/c1-3-20-7-9-25-24(16-20)21(19-30-25)6-4-5-11-31-12-14-32(15-13-31)23-8-10-26-22(17-23)18-27(33-26)34-28(2)29/h1,7-10,16-19,30H,4-6,11-15,29H2,2H3. The summed E-state index contributed by atoms with van der Waals surface area (Å²) >= 11 is 0. The first-order chi connectivity index (χ1) is 16.6. The van der Waals surface area contributed by atoms with Crippen molar-refractivity contribution in [1.29, 1.82) is 0 Å². The highest BCUT2D eigenvalue weighted by Crippen LogP contribution is 2.29. The van der Waals surface area contributed by atoms with Gasteiger partial charge in [0.25, 0.3) is 5.95 Å². The zero-order chi connectivity index (χ0) is 23.5. The SMILES string of the molecule is C#Cc1ccc2[nH]cc(CCCCN3CCN(c4ccc5oc(OB(C)N)cc5c4)CC3)c2c1. The van der Waals surface area contributed by atoms with Gasteiger partial charge in [-0.15, -0.1) is 6.42 Å². The second-order valence-corrected chi connectivity index (χ2v) is 9.11. The summed E-state index contributed by atoms with van der Waals surface area (Å²) in [5, 5.41) is 2.30. The van der Waals surface area contributed by atoms with Crippen LogP contribution in [0.15, 0.2) is 53.1 Å². The average molecular weight is 454 g/mol. The lowest BCUT2D eigenvalue weighted by atomic mass is 9.91. The number of furan rings is 1. The van der Waals surface area contributed by atoms with Gasteiger partial charge in [-0.3, -0.25) is 4.90 Å². The van der Waals surface area contributed by atoms with Crippen molar-refractivity contribution in [3.63, 3.8) is 0 Å². The minimum absolute atomic E-state index is 0.392. The fourth-order valence-corrected chi connectivity index (χ4v) is 4.80. The summed E-state index contributed by atoms with van der Waals surface area (Å²) < 4.78 is 11.2. The smallest absolute Gasteiger partial charge is 0.442 e. The van der Waals surface area contributed by atoms with Crippen molar-refractivity contribution in [1.82, 2.24) is 9.88 Å². The third-order valence-electron chi connectivity index (χ3n) is 6.62. The molecule has 3 N–H and O–H groups in total. The van der Waals surface area contributed by atoms with Crippen LogP contribution in [-0.2, 0) is 6.42 Å². The summed E-state index contributed by atoms with van der Waals surface area (Å²) in [6, 6.07) is 14.4. The normalized spacial score (nSPS) is 14.6. The number of rotatable bonds is 8. The quantitative estimate of drug-likeness (QED) is 0.233. The first-order valence-electron chi connectivity index (χ1n) is 12.1. The lowest BCUT2D eigenvalue weighted by Crippen LogP contribution is -2.46. The number of nitrogens with zero attached hydrogens (tertiary/aromatic N) is 2. The number of aromatic amines is 1. The van der Waals surface area contributed by atoms with E-state index < -0.39 is 7.05 Å². The number of benzene rings is 2. The van der Waals surface area contributed by atoms with E-state index >= 15 is 0 Å². The number of aryl methyl sites for hydroxylation is 1. The molecule has 1 aliphatic rings. The van der Waals surface area contributed by atoms with Crippen molar-refractivity contribution in [3.8, 4) is 18.3 Å². The Morgan fingerprint density at radius 3 is 2.76 bits per heavy atom. The number of terminal acetylenes is 1. The molecule has 7 heteroatoms. The monoisotopic (exact) mass is 454 g/mol. The molecule has 4 aromatic rings. The van der Waals surface area contributed by atoms with Gasteiger partial charge in [0.2, 0.25) is 0 Å². The Morgan fingerprint density at radius 1 is 1.12 bits per heavy atom. The van der Waals surface area contributed by atoms with Gasteiger partial charge in [0.15, 0.2) is 0 Å². The molecule has 0 bridgehead atoms. The molecule has 0 saturated carbocycles. The van der Waals surface area contributed by atoms with E-state index in [4.69, 9.17) is 21.1 Å². The molecule has 174 valence electrons. The van der Waals surface area contributed by atoms with E-state index in [1.54, 1.807) is 6.82 Å². The van der Waals surface area contributed by atoms with Gasteiger partial charge >= 0.3 is 7.05 Å². The minimum Gasteiger partial charge on any atom is -0.520 e. The minimum atomic E-state index is -0.392. The highest BCUT2D eigenvalue weighted by atomic mass is 16.6. The summed E-state index contributed by atoms with van der Waals surface area (Å²) in [5.41, 5.74) is 11.2. The molecule has 0 unspecified atom stereocenters. The molecule has 0 atom stereocenters. The van der Waals surface area contributed by atoms with Crippen molar-refractivity contribution in [3.05, 3.63) is 59.8 Å². The molecule has 0 amide bonds. The number of hydrogen-bond donors (Lipinski definition) is 2. The van der Waals surface area contributed by atoms with Crippen LogP contribution in [0.5, 0.6) is 5.95 Å². The molecule has 34 heavy (non-hydrogen) atoms. The van der Waals surface area contributed by atoms with Crippen LogP contribution >= 0.6 is 0 Å². The van der Waals surface area contributed by atoms with Gasteiger partial charge in [0.05, 0.1) is 0 Å². The van der Waals surface area contributed by atoms with Gasteiger partial charge in [-0.1, -0.05) is 5.92 Å². The highest BCUT2D eigenvalue weighted by Gasteiger charge is 2.18. The summed E-state index contributed by atoms with van der Waals surface area (Å²) in [5.74, 6) is 3.21. The second-order valence-electron chi connectivity index (χ2n) is 9.11. The van der Waals surface area contributed by atoms with Crippen LogP contribution < -0.4 is 15.2 Å². The molecule has 2 aromatic heterocycles. The Hall–Kier alpha value is -3.34. The maximum absolute atomic E-state index is 5.72. The third-order valence-corrected chi connectivity index (χ3v) is 6.62. The van der Waals surface area contributed by atoms with E-state index in [2.05, 4.69) is 51.2 Å². The van der Waals surface area contributed by atoms with Crippen LogP contribution in [0.2, 0.25) is 6.82 Å². The number of unbranched alkanes of at least 4 members (excludes halogenated alkanes) is 1. The van der Waals surface area contributed by atoms with E-state index in [0.29, 0.717) is 5.95 Å². The molecule has 2 aromatic carbocycles. The van der Waals surface area contributed by atoms with Gasteiger partial charge in [0.1, 0.15) is 5.58 Å². The Bertz CT molecular complexity index is 1310. The molecule has 3 heterocycles. The summed E-state index contributed by atoms with van der Waals surface area (Å²) in [7, 11) is -0.392. The van der Waals surface area contributed by atoms with Crippen molar-refractivity contribution in [2.75, 3.05) is 37.6 Å². The van der Waals surface area contributed by atoms with Crippen molar-refractivity contribution in [2.24, 2.45) is 5.64 Å². The van der Waals surface area contributed by atoms with Crippen LogP contribution in [0.3, 0.4) is 0 Å². The Kier molecular flexibility index (Phi) is 6.53. The largest absolute Gasteiger partial charge is 0.520 e. The molecule has 0 aliphatic carbocycles. The van der Waals surface area contributed by atoms with Crippen LogP contribution in [0, 0.1) is 12.3 Å². The van der Waals surface area contributed by atoms with Gasteiger partial charge in [-0.05, 0) is 74.6 Å². The lowest BCUT2D eigenvalue weighted by molar-refractivity contribution is 0.253. The van der Waals surface area contributed by atoms with Crippen molar-refractivity contribution in [2.45, 2.75) is 26.1 Å². The Morgan fingerprint density at radius 2 is 1.97 bits per heavy atom. The summed E-state index contributed by atoms with van der Waals surface area (Å²) in [6.07, 6.45) is 11.2. The molecule has 6 nitrogen and oxygen atoms in total. The zero-order valence-electron chi connectivity index (χ0n) is 19.7. The average Bonchev–Trinajstić information content (AvgIpc) is 3.44. The van der Waals surface area contributed by atoms with Crippen molar-refractivity contribution < 1.29 is 9.07 Å². The lowest BCUT2D eigenvalue weighted by Gasteiger charge is -2.36. The highest BCUT2D eigenvalue weighted by molar-refractivity contribution is 6.47. The number of hydrogen-bond acceptors (Lipinski definition) is 5. The zero-order valence-corrected chi connectivity index (χ0v) is 19.7. The summed E-state index contributed by atoms with van der Waals surface area (Å²) in [4.78, 5) is 8.39. The number of fused-ring (bicyclic) bond motifs is 2. The van der Waals surface area contributed by atoms with E-state index in [9.17, 15) is 0 Å². The Labute approximate surface area is 201 Å². The first kappa shape index (κ1) is 22.5. The van der Waals surface area contributed by atoms with Crippen LogP contribution in [0.25, 0.3) is 21.9 Å². The molecule has 1 aliphatic heterocycles. The Balaban J connectivity index is 1.10. The summed E-state index contributed by atoms with van der Waals surface area (Å²) in [6.45, 7) is 7.16. The van der Waals surface area contributed by atoms with Crippen LogP contribution in [-0.4, -0.2) is 49.7 Å². The first-order valence-corrected chi connectivity index (χ1v) is 12.1. The maximum atomic E-state index is 5.72. The number of H-pyrrole nitrogens is 1. The molecular weight excluding hydrogens is 423 g/mol. The van der Waals surface area contributed by atoms with Crippen LogP contribution in [0.1, 0.15) is 24.0 Å². The molecule has 5 rings (SSSR count). The topological polar surface area (TPSA) is 70.7 Å². The number of aromatic nitrogens is 1. The fraction of sp³-hybridized carbons (Fsp3) is 0.333. The van der Waals surface area contributed by atoms with Crippen LogP contribution in [0.4, 0.5) is 5.69 Å². The van der Waals surface area contributed by atoms with E-state index in [1.807, 2.05) is 18.2 Å². The number of piperazine rings is 1. The maximum Gasteiger partial charge on any atom is 0.442 e. The third kappa shape index (κ3) is 4.94. The van der Waals surface area contributed by atoms with E-state index in [0.717, 1.165) is 61.2 Å². The van der Waals surface area contributed by atoms with Gasteiger partial charge < -0.3 is 24.6 Å². The van der Waals surface area contributed by atoms with E-state index in [1.165, 1.54) is 29.5 Å². The number of anilines is 1. The molecule has 0 spiro atoms. The molecule has 1 saturated heterocycles. The van der Waals surface area contributed by atoms with Gasteiger partial charge in [-0.25, -0.2) is 0 Å². The molecule has 0 radical (unpaired) electrons. The number of nitrogens with two attached hydrogens (primary N) is 1. The van der Waals surface area contributed by atoms with Crippen molar-refractivity contribution >= 4 is 34.6 Å². The second kappa shape index (κ2) is 9.88. The van der Waals surface area contributed by atoms with E-state index in [-0.39, 0.29) is 0 Å². The van der Waals surface area contributed by atoms with Gasteiger partial charge in [-0.2, -0.15) is 0 Å². The predicted molar refractivity (Wildman–Crippen MR) is 140 cm³/mol. The molecule has 1 fully saturated rings. The van der Waals surface area contributed by atoms with Gasteiger partial charge in [0, 0.05) is 66.0 Å².